The zero-order valence-electron chi connectivity index (χ0n) is 41.1. The van der Waals surface area contributed by atoms with Crippen LogP contribution in [0, 0.1) is 11.3 Å². The molecule has 0 bridgehead atoms. The number of amides is 5. The van der Waals surface area contributed by atoms with Crippen LogP contribution in [0.25, 0.3) is 32.4 Å². The molecule has 0 saturated carbocycles. The number of likely N-dealkylation sites (tertiary alicyclic amines) is 1. The van der Waals surface area contributed by atoms with E-state index >= 15 is 0 Å². The van der Waals surface area contributed by atoms with Crippen molar-refractivity contribution in [3.8, 4) is 0 Å². The first-order valence-corrected chi connectivity index (χ1v) is 25.0. The number of anilines is 1. The molecule has 1 aliphatic rings. The Morgan fingerprint density at radius 2 is 1.60 bits per heavy atom. The maximum absolute atomic E-state index is 14.3. The number of carbonyl (C=O) groups excluding carboxylic acids is 5. The lowest BCUT2D eigenvalue weighted by atomic mass is 10.0. The second-order valence-electron chi connectivity index (χ2n) is 18.5. The molecule has 20 nitrogen and oxygen atoms in total. The number of nitrogens with two attached hydrogens (primary N) is 2. The average Bonchev–Trinajstić information content (AvgIpc) is 3.98. The molecule has 378 valence electrons. The lowest BCUT2D eigenvalue weighted by Gasteiger charge is -2.30. The van der Waals surface area contributed by atoms with Gasteiger partial charge in [0.1, 0.15) is 35.5 Å². The molecule has 2 aromatic carbocycles. The highest BCUT2D eigenvalue weighted by Gasteiger charge is 2.39. The fraction of sp³-hybridized carbons (Fsp3) is 0.560. The van der Waals surface area contributed by atoms with Crippen molar-refractivity contribution in [1.29, 1.82) is 5.41 Å². The summed E-state index contributed by atoms with van der Waals surface area (Å²) in [5, 5.41) is 20.8. The minimum atomic E-state index is -1.06. The normalized spacial score (nSPS) is 14.7. The van der Waals surface area contributed by atoms with Gasteiger partial charge in [-0.25, -0.2) is 9.97 Å². The SMILES string of the molecule is CCCCc1nc2c(NNC(=O)C(CCCCC(=N)N)NC(=O)C(CC(C)C)NC(=O)C3CCCN3C(=O)C(CCCCN)NC(=O)CCCCN=[N+]=[N-])nc3ccccc3c2n1Cc1ccccc1. The second-order valence-corrected chi connectivity index (χ2v) is 18.5. The van der Waals surface area contributed by atoms with Gasteiger partial charge < -0.3 is 36.9 Å². The topological polar surface area (TPSA) is 304 Å². The van der Waals surface area contributed by atoms with E-state index in [1.165, 1.54) is 4.90 Å². The van der Waals surface area contributed by atoms with Crippen molar-refractivity contribution >= 4 is 63.1 Å². The number of hydrazine groups is 1. The Kier molecular flexibility index (Phi) is 21.7. The second kappa shape index (κ2) is 28.0. The third-order valence-corrected chi connectivity index (χ3v) is 12.5. The summed E-state index contributed by atoms with van der Waals surface area (Å²) in [7, 11) is 0. The molecule has 0 aliphatic carbocycles. The number of unbranched alkanes of at least 4 members (excludes halogenated alkanes) is 4. The number of rotatable bonds is 30. The number of aromatic nitrogens is 3. The number of hydrogen-bond donors (Lipinski definition) is 8. The van der Waals surface area contributed by atoms with Crippen LogP contribution in [0.5, 0.6) is 0 Å². The highest BCUT2D eigenvalue weighted by atomic mass is 16.2. The van der Waals surface area contributed by atoms with Crippen molar-refractivity contribution in [3.63, 3.8) is 0 Å². The summed E-state index contributed by atoms with van der Waals surface area (Å²) >= 11 is 0. The van der Waals surface area contributed by atoms with Crippen LogP contribution in [-0.4, -0.2) is 98.6 Å². The third kappa shape index (κ3) is 15.9. The van der Waals surface area contributed by atoms with Crippen LogP contribution in [0.2, 0.25) is 0 Å². The fourth-order valence-electron chi connectivity index (χ4n) is 8.85. The van der Waals surface area contributed by atoms with Crippen LogP contribution < -0.4 is 38.3 Å². The molecule has 4 aromatic rings. The Hall–Kier alpha value is -6.79. The van der Waals surface area contributed by atoms with Gasteiger partial charge >= 0.3 is 0 Å². The molecular formula is C50H73N15O5. The van der Waals surface area contributed by atoms with Crippen LogP contribution in [0.15, 0.2) is 59.7 Å². The number of hydrogen-bond acceptors (Lipinski definition) is 11. The highest BCUT2D eigenvalue weighted by molar-refractivity contribution is 6.07. The number of para-hydroxylation sites is 1. The first-order valence-electron chi connectivity index (χ1n) is 25.0. The minimum Gasteiger partial charge on any atom is -0.388 e. The number of pyridine rings is 1. The van der Waals surface area contributed by atoms with Gasteiger partial charge in [0.25, 0.3) is 5.91 Å². The lowest BCUT2D eigenvalue weighted by Crippen LogP contribution is -2.58. The van der Waals surface area contributed by atoms with Crippen molar-refractivity contribution in [3.05, 3.63) is 76.4 Å². The number of benzene rings is 2. The summed E-state index contributed by atoms with van der Waals surface area (Å²) in [6.07, 6.45) is 8.06. The number of azide groups is 1. The lowest BCUT2D eigenvalue weighted by molar-refractivity contribution is -0.142. The van der Waals surface area contributed by atoms with Crippen molar-refractivity contribution in [2.24, 2.45) is 22.5 Å². The van der Waals surface area contributed by atoms with Gasteiger partial charge in [-0.1, -0.05) is 87.3 Å². The van der Waals surface area contributed by atoms with Crippen LogP contribution in [-0.2, 0) is 36.9 Å². The molecule has 20 heteroatoms. The van der Waals surface area contributed by atoms with E-state index in [2.05, 4.69) is 60.5 Å². The Morgan fingerprint density at radius 3 is 2.33 bits per heavy atom. The standard InChI is InChI=1S/C50H73N15O5/c1-4-5-26-42-60-44-45(65(42)32-34-18-7-6-8-19-34)35-20-9-10-21-36(35)57-46(44)61-62-48(68)37(22-11-12-25-41(52)53)58-47(67)39(31-33(2)3)59-49(69)40-24-17-30-64(40)50(70)38(23-13-15-28-51)56-43(66)27-14-16-29-55-63-54/h6-10,18-21,33,37-40H,4-5,11-17,22-32,51H2,1-3H3,(H3,52,53)(H,56,66)(H,57,61)(H,58,67)(H,59,69)(H,62,68). The number of carbonyl (C=O) groups is 5. The van der Waals surface area contributed by atoms with E-state index in [9.17, 15) is 24.0 Å². The van der Waals surface area contributed by atoms with E-state index in [1.54, 1.807) is 0 Å². The summed E-state index contributed by atoms with van der Waals surface area (Å²) in [4.78, 5) is 84.1. The number of imidazole rings is 1. The van der Waals surface area contributed by atoms with E-state index in [-0.39, 0.29) is 49.4 Å². The van der Waals surface area contributed by atoms with E-state index in [4.69, 9.17) is 32.4 Å². The number of nitrogens with one attached hydrogen (secondary N) is 6. The van der Waals surface area contributed by atoms with E-state index in [0.717, 1.165) is 41.6 Å². The maximum atomic E-state index is 14.3. The minimum absolute atomic E-state index is 0.0189. The molecule has 5 amide bonds. The summed E-state index contributed by atoms with van der Waals surface area (Å²) in [5.41, 5.74) is 29.1. The van der Waals surface area contributed by atoms with Crippen LogP contribution in [0.4, 0.5) is 5.82 Å². The molecule has 1 aliphatic heterocycles. The molecule has 3 heterocycles. The van der Waals surface area contributed by atoms with Gasteiger partial charge in [0.05, 0.1) is 16.9 Å². The third-order valence-electron chi connectivity index (χ3n) is 12.5. The van der Waals surface area contributed by atoms with Crippen LogP contribution >= 0.6 is 0 Å². The molecule has 70 heavy (non-hydrogen) atoms. The molecule has 0 radical (unpaired) electrons. The van der Waals surface area contributed by atoms with Gasteiger partial charge in [0.2, 0.25) is 23.6 Å². The van der Waals surface area contributed by atoms with Crippen molar-refractivity contribution in [1.82, 2.24) is 40.8 Å². The molecule has 0 spiro atoms. The number of nitrogens with zero attached hydrogens (tertiary/aromatic N) is 7. The van der Waals surface area contributed by atoms with Gasteiger partial charge in [-0.05, 0) is 100 Å². The highest BCUT2D eigenvalue weighted by Crippen LogP contribution is 2.31. The predicted octanol–water partition coefficient (Wildman–Crippen LogP) is 6.02. The largest absolute Gasteiger partial charge is 0.388 e. The number of amidine groups is 1. The Labute approximate surface area is 410 Å². The van der Waals surface area contributed by atoms with E-state index < -0.39 is 41.9 Å². The average molecular weight is 964 g/mol. The van der Waals surface area contributed by atoms with Gasteiger partial charge in [0, 0.05) is 49.2 Å². The van der Waals surface area contributed by atoms with Crippen molar-refractivity contribution in [2.45, 2.75) is 154 Å². The summed E-state index contributed by atoms with van der Waals surface area (Å²) in [6.45, 7) is 7.56. The van der Waals surface area contributed by atoms with Gasteiger partial charge in [-0.3, -0.25) is 40.2 Å². The molecule has 1 fully saturated rings. The summed E-state index contributed by atoms with van der Waals surface area (Å²) in [5.74, 6) is -1.09. The van der Waals surface area contributed by atoms with Gasteiger partial charge in [0.15, 0.2) is 5.82 Å². The Bertz CT molecular complexity index is 2440. The Balaban J connectivity index is 1.34. The van der Waals surface area contributed by atoms with Crippen molar-refractivity contribution < 1.29 is 24.0 Å². The predicted molar refractivity (Wildman–Crippen MR) is 272 cm³/mol. The molecular weight excluding hydrogens is 891 g/mol. The molecule has 5 rings (SSSR count). The molecule has 2 aromatic heterocycles. The van der Waals surface area contributed by atoms with E-state index in [1.807, 2.05) is 56.3 Å². The molecule has 4 unspecified atom stereocenters. The van der Waals surface area contributed by atoms with Crippen LogP contribution in [0.1, 0.15) is 128 Å². The molecule has 10 N–H and O–H groups in total. The fourth-order valence-corrected chi connectivity index (χ4v) is 8.85. The summed E-state index contributed by atoms with van der Waals surface area (Å²) < 4.78 is 2.22. The van der Waals surface area contributed by atoms with Gasteiger partial charge in [-0.15, -0.1) is 0 Å². The molecule has 4 atom stereocenters. The monoisotopic (exact) mass is 964 g/mol. The van der Waals surface area contributed by atoms with Crippen molar-refractivity contribution in [2.75, 3.05) is 25.1 Å². The summed E-state index contributed by atoms with van der Waals surface area (Å²) in [6, 6.07) is 14.1. The van der Waals surface area contributed by atoms with Gasteiger partial charge in [-0.2, -0.15) is 0 Å². The zero-order valence-corrected chi connectivity index (χ0v) is 41.1. The maximum Gasteiger partial charge on any atom is 0.260 e. The first kappa shape index (κ1) is 54.2. The zero-order chi connectivity index (χ0) is 50.4. The number of fused-ring (bicyclic) bond motifs is 3. The number of aryl methyl sites for hydroxylation is 1. The quantitative estimate of drug-likeness (QED) is 0.00572. The Morgan fingerprint density at radius 1 is 0.871 bits per heavy atom. The smallest absolute Gasteiger partial charge is 0.260 e. The molecule has 1 saturated heterocycles. The first-order chi connectivity index (χ1) is 33.8. The van der Waals surface area contributed by atoms with Crippen LogP contribution in [0.3, 0.4) is 0 Å². The van der Waals surface area contributed by atoms with E-state index in [0.29, 0.717) is 101 Å².